The van der Waals surface area contributed by atoms with Crippen LogP contribution in [0.1, 0.15) is 41.9 Å². The Morgan fingerprint density at radius 1 is 1.32 bits per heavy atom. The normalized spacial score (nSPS) is 25.7. The van der Waals surface area contributed by atoms with Crippen LogP contribution in [-0.2, 0) is 17.9 Å². The molecule has 0 unspecified atom stereocenters. The van der Waals surface area contributed by atoms with Crippen LogP contribution >= 0.6 is 12.4 Å². The van der Waals surface area contributed by atoms with Crippen LogP contribution in [0.4, 0.5) is 0 Å². The fraction of sp³-hybridized carbons (Fsp3) is 0.688. The molecule has 0 radical (unpaired) electrons. The number of fused-ring (bicyclic) bond motifs is 1. The van der Waals surface area contributed by atoms with Gasteiger partial charge in [-0.1, -0.05) is 0 Å². The minimum absolute atomic E-state index is 0. The number of nitrogens with zero attached hydrogens (tertiary/aromatic N) is 3. The first-order chi connectivity index (χ1) is 11.6. The molecule has 2 aliphatic heterocycles. The van der Waals surface area contributed by atoms with Gasteiger partial charge in [-0.15, -0.1) is 12.4 Å². The van der Waals surface area contributed by atoms with E-state index in [0.29, 0.717) is 44.3 Å². The molecule has 2 fully saturated rings. The number of amides is 2. The van der Waals surface area contributed by atoms with E-state index < -0.39 is 6.10 Å². The molecular formula is C16H24ClN5O3. The molecule has 1 aromatic heterocycles. The fourth-order valence-corrected chi connectivity index (χ4v) is 3.37. The van der Waals surface area contributed by atoms with Crippen molar-refractivity contribution in [2.45, 2.75) is 57.0 Å². The van der Waals surface area contributed by atoms with Crippen molar-refractivity contribution in [3.8, 4) is 0 Å². The van der Waals surface area contributed by atoms with Gasteiger partial charge in [0.25, 0.3) is 5.91 Å². The molecular weight excluding hydrogens is 346 g/mol. The summed E-state index contributed by atoms with van der Waals surface area (Å²) in [4.78, 5) is 26.6. The quantitative estimate of drug-likeness (QED) is 0.676. The highest BCUT2D eigenvalue weighted by atomic mass is 35.5. The third kappa shape index (κ3) is 3.96. The second-order valence-corrected chi connectivity index (χ2v) is 6.96. The number of aromatic nitrogens is 2. The number of rotatable bonds is 3. The molecule has 25 heavy (non-hydrogen) atoms. The number of β-amino-alcohol motifs (C(OH)–C–C–N with tert-alkyl or cyclic N) is 1. The van der Waals surface area contributed by atoms with Gasteiger partial charge < -0.3 is 20.6 Å². The van der Waals surface area contributed by atoms with Crippen LogP contribution in [0.3, 0.4) is 0 Å². The molecule has 3 N–H and O–H groups in total. The van der Waals surface area contributed by atoms with Crippen LogP contribution in [0.15, 0.2) is 6.07 Å². The lowest BCUT2D eigenvalue weighted by molar-refractivity contribution is -0.133. The van der Waals surface area contributed by atoms with E-state index in [9.17, 15) is 14.7 Å². The first kappa shape index (κ1) is 18.2. The third-order valence-electron chi connectivity index (χ3n) is 4.88. The smallest absolute Gasteiger partial charge is 0.272 e. The van der Waals surface area contributed by atoms with Gasteiger partial charge in [-0.05, 0) is 31.7 Å². The fourth-order valence-electron chi connectivity index (χ4n) is 3.37. The van der Waals surface area contributed by atoms with Gasteiger partial charge in [0.05, 0.1) is 24.4 Å². The summed E-state index contributed by atoms with van der Waals surface area (Å²) in [5.41, 5.74) is 1.32. The van der Waals surface area contributed by atoms with E-state index >= 15 is 0 Å². The molecule has 4 rings (SSSR count). The third-order valence-corrected chi connectivity index (χ3v) is 4.88. The summed E-state index contributed by atoms with van der Waals surface area (Å²) >= 11 is 0. The molecule has 1 saturated heterocycles. The maximum absolute atomic E-state index is 12.6. The van der Waals surface area contributed by atoms with Crippen molar-refractivity contribution in [2.24, 2.45) is 0 Å². The van der Waals surface area contributed by atoms with E-state index in [-0.39, 0.29) is 30.3 Å². The lowest BCUT2D eigenvalue weighted by Gasteiger charge is -2.23. The van der Waals surface area contributed by atoms with E-state index in [2.05, 4.69) is 15.7 Å². The largest absolute Gasteiger partial charge is 0.392 e. The van der Waals surface area contributed by atoms with Gasteiger partial charge in [0, 0.05) is 25.7 Å². The summed E-state index contributed by atoms with van der Waals surface area (Å²) in [6, 6.07) is 1.78. The number of nitrogens with one attached hydrogen (secondary N) is 2. The molecule has 0 aromatic carbocycles. The number of halogens is 1. The Morgan fingerprint density at radius 2 is 2.12 bits per heavy atom. The summed E-state index contributed by atoms with van der Waals surface area (Å²) in [6.45, 7) is 2.29. The van der Waals surface area contributed by atoms with Crippen molar-refractivity contribution in [1.29, 1.82) is 0 Å². The molecule has 1 saturated carbocycles. The predicted molar refractivity (Wildman–Crippen MR) is 92.4 cm³/mol. The lowest BCUT2D eigenvalue weighted by atomic mass is 10.1. The van der Waals surface area contributed by atoms with Crippen molar-refractivity contribution in [3.05, 3.63) is 17.5 Å². The molecule has 9 heteroatoms. The van der Waals surface area contributed by atoms with Gasteiger partial charge in [0.15, 0.2) is 5.69 Å². The van der Waals surface area contributed by atoms with Gasteiger partial charge in [-0.25, -0.2) is 0 Å². The van der Waals surface area contributed by atoms with E-state index in [1.165, 1.54) is 0 Å². The number of aliphatic hydroxyl groups excluding tert-OH is 1. The Morgan fingerprint density at radius 3 is 2.80 bits per heavy atom. The average Bonchev–Trinajstić information content (AvgIpc) is 3.19. The van der Waals surface area contributed by atoms with Crippen LogP contribution in [0, 0.1) is 0 Å². The Bertz CT molecular complexity index is 660. The monoisotopic (exact) mass is 369 g/mol. The van der Waals surface area contributed by atoms with Crippen molar-refractivity contribution >= 4 is 24.2 Å². The summed E-state index contributed by atoms with van der Waals surface area (Å²) in [5, 5.41) is 20.0. The zero-order valence-corrected chi connectivity index (χ0v) is 14.8. The maximum atomic E-state index is 12.6. The standard InChI is InChI=1S/C16H23N5O3.ClH/c22-12-7-14(17-8-12)16(24)20-4-1-5-21-11(9-20)6-13(19-21)15(23)18-10-2-3-10;/h6,10,12,14,17,22H,1-5,7-9H2,(H,18,23);1H/t12-,14+;/m1./s1. The van der Waals surface area contributed by atoms with E-state index in [1.54, 1.807) is 11.0 Å². The minimum atomic E-state index is -0.450. The molecule has 1 aliphatic carbocycles. The highest BCUT2D eigenvalue weighted by Gasteiger charge is 2.33. The molecule has 3 aliphatic rings. The van der Waals surface area contributed by atoms with E-state index in [4.69, 9.17) is 0 Å². The summed E-state index contributed by atoms with van der Waals surface area (Å²) in [5.74, 6) is -0.110. The Hall–Kier alpha value is -1.64. The number of aryl methyl sites for hydroxylation is 1. The van der Waals surface area contributed by atoms with Gasteiger partial charge in [-0.3, -0.25) is 14.3 Å². The van der Waals surface area contributed by atoms with Gasteiger partial charge >= 0.3 is 0 Å². The minimum Gasteiger partial charge on any atom is -0.392 e. The summed E-state index contributed by atoms with van der Waals surface area (Å²) < 4.78 is 1.84. The van der Waals surface area contributed by atoms with E-state index in [0.717, 1.165) is 25.0 Å². The van der Waals surface area contributed by atoms with Crippen molar-refractivity contribution in [2.75, 3.05) is 13.1 Å². The van der Waals surface area contributed by atoms with Gasteiger partial charge in [0.1, 0.15) is 0 Å². The lowest BCUT2D eigenvalue weighted by Crippen LogP contribution is -2.43. The van der Waals surface area contributed by atoms with Crippen LogP contribution < -0.4 is 10.6 Å². The van der Waals surface area contributed by atoms with Crippen LogP contribution in [0.25, 0.3) is 0 Å². The number of aliphatic hydroxyl groups is 1. The number of hydrogen-bond donors (Lipinski definition) is 3. The molecule has 1 aromatic rings. The van der Waals surface area contributed by atoms with Crippen molar-refractivity contribution in [1.82, 2.24) is 25.3 Å². The van der Waals surface area contributed by atoms with Gasteiger partial charge in [-0.2, -0.15) is 5.10 Å². The topological polar surface area (TPSA) is 99.5 Å². The number of carbonyl (C=O) groups excluding carboxylic acids is 2. The van der Waals surface area contributed by atoms with E-state index in [1.807, 2.05) is 4.68 Å². The second-order valence-electron chi connectivity index (χ2n) is 6.96. The molecule has 3 heterocycles. The van der Waals surface area contributed by atoms with Crippen molar-refractivity contribution in [3.63, 3.8) is 0 Å². The molecule has 138 valence electrons. The van der Waals surface area contributed by atoms with Crippen LogP contribution in [0.5, 0.6) is 0 Å². The predicted octanol–water partition coefficient (Wildman–Crippen LogP) is -0.348. The Kier molecular flexibility index (Phi) is 5.31. The van der Waals surface area contributed by atoms with Crippen LogP contribution in [-0.4, -0.2) is 62.9 Å². The Labute approximate surface area is 152 Å². The average molecular weight is 370 g/mol. The molecule has 2 atom stereocenters. The molecule has 0 bridgehead atoms. The van der Waals surface area contributed by atoms with Crippen molar-refractivity contribution < 1.29 is 14.7 Å². The zero-order chi connectivity index (χ0) is 16.7. The molecule has 2 amide bonds. The second kappa shape index (κ2) is 7.31. The molecule has 0 spiro atoms. The highest BCUT2D eigenvalue weighted by Crippen LogP contribution is 2.20. The van der Waals surface area contributed by atoms with Gasteiger partial charge in [0.2, 0.25) is 5.91 Å². The first-order valence-corrected chi connectivity index (χ1v) is 8.68. The Balaban J connectivity index is 0.00000182. The van der Waals surface area contributed by atoms with Crippen LogP contribution in [0.2, 0.25) is 0 Å². The maximum Gasteiger partial charge on any atom is 0.272 e. The molecule has 8 nitrogen and oxygen atoms in total. The summed E-state index contributed by atoms with van der Waals surface area (Å²) in [7, 11) is 0. The number of hydrogen-bond acceptors (Lipinski definition) is 5. The number of carbonyl (C=O) groups is 2. The highest BCUT2D eigenvalue weighted by molar-refractivity contribution is 5.92. The zero-order valence-electron chi connectivity index (χ0n) is 14.0. The summed E-state index contributed by atoms with van der Waals surface area (Å²) in [6.07, 6.45) is 2.90. The SMILES string of the molecule is Cl.O=C(NC1CC1)c1cc2n(n1)CCCN(C(=O)[C@@H]1C[C@@H](O)CN1)C2. The first-order valence-electron chi connectivity index (χ1n) is 8.68.